The van der Waals surface area contributed by atoms with Crippen LogP contribution in [0.1, 0.15) is 34.0 Å². The van der Waals surface area contributed by atoms with Crippen molar-refractivity contribution in [3.63, 3.8) is 0 Å². The maximum Gasteiger partial charge on any atom is 0.274 e. The van der Waals surface area contributed by atoms with Crippen LogP contribution in [0, 0.1) is 17.1 Å². The third kappa shape index (κ3) is 5.80. The van der Waals surface area contributed by atoms with Gasteiger partial charge < -0.3 is 9.47 Å². The van der Waals surface area contributed by atoms with Gasteiger partial charge in [0.1, 0.15) is 12.4 Å². The molecule has 4 rings (SSSR count). The van der Waals surface area contributed by atoms with Crippen LogP contribution in [0.5, 0.6) is 11.5 Å². The number of fused-ring (bicyclic) bond motifs is 1. The lowest BCUT2D eigenvalue weighted by Crippen LogP contribution is -2.19. The molecule has 0 atom stereocenters. The normalized spacial score (nSPS) is 10.8. The molecule has 0 aliphatic rings. The number of nitriles is 1. The van der Waals surface area contributed by atoms with Gasteiger partial charge >= 0.3 is 0 Å². The van der Waals surface area contributed by atoms with Gasteiger partial charge in [-0.25, -0.2) is 9.82 Å². The Morgan fingerprint density at radius 2 is 1.89 bits per heavy atom. The molecule has 36 heavy (non-hydrogen) atoms. The molecule has 6 nitrogen and oxygen atoms in total. The Bertz CT molecular complexity index is 1500. The van der Waals surface area contributed by atoms with Gasteiger partial charge in [0.05, 0.1) is 35.0 Å². The monoisotopic (exact) mass is 501 g/mol. The van der Waals surface area contributed by atoms with E-state index >= 15 is 0 Å². The average molecular weight is 502 g/mol. The lowest BCUT2D eigenvalue weighted by molar-refractivity contribution is 0.0951. The topological polar surface area (TPSA) is 83.7 Å². The van der Waals surface area contributed by atoms with E-state index in [4.69, 9.17) is 26.3 Å². The number of ether oxygens (including phenoxy) is 2. The Kier molecular flexibility index (Phi) is 7.79. The number of nitrogens with one attached hydrogen (secondary N) is 1. The SMILES string of the molecule is CCOc1cc(/C=N\NC(=O)c2ccc(C#N)cc2F)cc(Cl)c1OCc1ccc2ccccc2c1. The first-order valence-corrected chi connectivity index (χ1v) is 11.5. The summed E-state index contributed by atoms with van der Waals surface area (Å²) < 4.78 is 25.8. The zero-order valence-corrected chi connectivity index (χ0v) is 20.1. The maximum atomic E-state index is 14.0. The molecule has 4 aromatic rings. The zero-order valence-electron chi connectivity index (χ0n) is 19.3. The minimum Gasteiger partial charge on any atom is -0.490 e. The second-order valence-electron chi connectivity index (χ2n) is 7.74. The summed E-state index contributed by atoms with van der Waals surface area (Å²) in [6.07, 6.45) is 1.36. The summed E-state index contributed by atoms with van der Waals surface area (Å²) >= 11 is 6.49. The zero-order chi connectivity index (χ0) is 25.5. The molecule has 0 aromatic heterocycles. The van der Waals surface area contributed by atoms with Crippen molar-refractivity contribution in [3.05, 3.63) is 106 Å². The molecule has 0 unspecified atom stereocenters. The first-order valence-electron chi connectivity index (χ1n) is 11.1. The summed E-state index contributed by atoms with van der Waals surface area (Å²) in [5.41, 5.74) is 3.68. The molecule has 0 bridgehead atoms. The lowest BCUT2D eigenvalue weighted by Gasteiger charge is -2.15. The summed E-state index contributed by atoms with van der Waals surface area (Å²) in [5.74, 6) is -0.736. The number of rotatable bonds is 8. The Hall–Kier alpha value is -4.41. The van der Waals surface area contributed by atoms with E-state index < -0.39 is 11.7 Å². The molecule has 1 N–H and O–H groups in total. The van der Waals surface area contributed by atoms with Crippen molar-refractivity contribution in [1.29, 1.82) is 5.26 Å². The largest absolute Gasteiger partial charge is 0.490 e. The van der Waals surface area contributed by atoms with Crippen LogP contribution in [0.25, 0.3) is 10.8 Å². The fourth-order valence-corrected chi connectivity index (χ4v) is 3.82. The van der Waals surface area contributed by atoms with Gasteiger partial charge in [0.2, 0.25) is 0 Å². The van der Waals surface area contributed by atoms with Crippen LogP contribution in [0.4, 0.5) is 4.39 Å². The number of nitrogens with zero attached hydrogens (tertiary/aromatic N) is 2. The third-order valence-corrected chi connectivity index (χ3v) is 5.53. The second-order valence-corrected chi connectivity index (χ2v) is 8.15. The highest BCUT2D eigenvalue weighted by Gasteiger charge is 2.14. The minimum absolute atomic E-state index is 0.119. The molecule has 0 aliphatic carbocycles. The summed E-state index contributed by atoms with van der Waals surface area (Å²) in [6, 6.07) is 22.9. The van der Waals surface area contributed by atoms with E-state index in [1.165, 1.54) is 18.3 Å². The smallest absolute Gasteiger partial charge is 0.274 e. The van der Waals surface area contributed by atoms with Gasteiger partial charge in [-0.15, -0.1) is 0 Å². The molecule has 0 fully saturated rings. The predicted molar refractivity (Wildman–Crippen MR) is 137 cm³/mol. The second kappa shape index (κ2) is 11.3. The van der Waals surface area contributed by atoms with Crippen LogP contribution in [0.2, 0.25) is 5.02 Å². The number of amides is 1. The molecule has 1 amide bonds. The number of hydrogen-bond acceptors (Lipinski definition) is 5. The van der Waals surface area contributed by atoms with Crippen LogP contribution in [-0.4, -0.2) is 18.7 Å². The van der Waals surface area contributed by atoms with Crippen LogP contribution in [0.3, 0.4) is 0 Å². The maximum absolute atomic E-state index is 14.0. The van der Waals surface area contributed by atoms with Crippen molar-refractivity contribution >= 4 is 34.5 Å². The lowest BCUT2D eigenvalue weighted by atomic mass is 10.1. The molecule has 8 heteroatoms. The first-order chi connectivity index (χ1) is 17.5. The molecular formula is C28H21ClFN3O3. The van der Waals surface area contributed by atoms with Gasteiger partial charge in [-0.05, 0) is 65.2 Å². The van der Waals surface area contributed by atoms with Crippen molar-refractivity contribution in [2.45, 2.75) is 13.5 Å². The van der Waals surface area contributed by atoms with E-state index in [-0.39, 0.29) is 11.1 Å². The summed E-state index contributed by atoms with van der Waals surface area (Å²) in [7, 11) is 0. The van der Waals surface area contributed by atoms with Gasteiger partial charge in [0, 0.05) is 0 Å². The molecule has 4 aromatic carbocycles. The van der Waals surface area contributed by atoms with Crippen molar-refractivity contribution in [3.8, 4) is 17.6 Å². The van der Waals surface area contributed by atoms with Gasteiger partial charge in [0.25, 0.3) is 5.91 Å². The number of carbonyl (C=O) groups is 1. The highest BCUT2D eigenvalue weighted by Crippen LogP contribution is 2.37. The van der Waals surface area contributed by atoms with E-state index in [1.807, 2.05) is 49.4 Å². The van der Waals surface area contributed by atoms with E-state index in [0.29, 0.717) is 35.3 Å². The van der Waals surface area contributed by atoms with Crippen LogP contribution in [0.15, 0.2) is 77.9 Å². The first kappa shape index (κ1) is 24.7. The summed E-state index contributed by atoms with van der Waals surface area (Å²) in [5, 5.41) is 15.3. The highest BCUT2D eigenvalue weighted by molar-refractivity contribution is 6.32. The van der Waals surface area contributed by atoms with Crippen LogP contribution in [-0.2, 0) is 6.61 Å². The molecule has 0 radical (unpaired) electrons. The van der Waals surface area contributed by atoms with Crippen molar-refractivity contribution < 1.29 is 18.7 Å². The van der Waals surface area contributed by atoms with E-state index in [9.17, 15) is 9.18 Å². The van der Waals surface area contributed by atoms with E-state index in [0.717, 1.165) is 22.4 Å². The summed E-state index contributed by atoms with van der Waals surface area (Å²) in [6.45, 7) is 2.52. The Balaban J connectivity index is 1.47. The third-order valence-electron chi connectivity index (χ3n) is 5.25. The molecule has 0 aliphatic heterocycles. The van der Waals surface area contributed by atoms with Gasteiger partial charge in [-0.3, -0.25) is 4.79 Å². The average Bonchev–Trinajstić information content (AvgIpc) is 2.88. The van der Waals surface area contributed by atoms with Gasteiger partial charge in [0.15, 0.2) is 11.5 Å². The number of hydrazone groups is 1. The molecule has 0 saturated carbocycles. The van der Waals surface area contributed by atoms with Crippen molar-refractivity contribution in [1.82, 2.24) is 5.43 Å². The molecule has 0 heterocycles. The minimum atomic E-state index is -0.809. The van der Waals surface area contributed by atoms with Crippen LogP contribution >= 0.6 is 11.6 Å². The molecule has 180 valence electrons. The Morgan fingerprint density at radius 1 is 1.08 bits per heavy atom. The van der Waals surface area contributed by atoms with Crippen molar-refractivity contribution in [2.24, 2.45) is 5.10 Å². The van der Waals surface area contributed by atoms with Crippen LogP contribution < -0.4 is 14.9 Å². The van der Waals surface area contributed by atoms with E-state index in [2.05, 4.69) is 16.6 Å². The highest BCUT2D eigenvalue weighted by atomic mass is 35.5. The van der Waals surface area contributed by atoms with E-state index in [1.54, 1.807) is 12.1 Å². The van der Waals surface area contributed by atoms with Gasteiger partial charge in [-0.1, -0.05) is 48.0 Å². The number of benzene rings is 4. The molecular weight excluding hydrogens is 481 g/mol. The quantitative estimate of drug-likeness (QED) is 0.228. The Labute approximate surface area is 212 Å². The molecule has 0 saturated heterocycles. The number of halogens is 2. The standard InChI is InChI=1S/C28H21ClFN3O3/c1-2-35-26-14-20(16-32-33-28(34)23-10-8-18(15-31)13-25(23)30)12-24(29)27(26)36-17-19-7-9-21-5-3-4-6-22(21)11-19/h3-14,16H,2,17H2,1H3,(H,33,34)/b32-16-. The number of hydrogen-bond donors (Lipinski definition) is 1. The molecule has 0 spiro atoms. The number of carbonyl (C=O) groups excluding carboxylic acids is 1. The van der Waals surface area contributed by atoms with Crippen molar-refractivity contribution in [2.75, 3.05) is 6.61 Å². The fraction of sp³-hybridized carbons (Fsp3) is 0.107. The van der Waals surface area contributed by atoms with Gasteiger partial charge in [-0.2, -0.15) is 10.4 Å². The summed E-state index contributed by atoms with van der Waals surface area (Å²) in [4.78, 5) is 12.2. The Morgan fingerprint density at radius 3 is 2.64 bits per heavy atom. The fourth-order valence-electron chi connectivity index (χ4n) is 3.54. The predicted octanol–water partition coefficient (Wildman–Crippen LogP) is 6.25.